The Bertz CT molecular complexity index is 1020. The minimum atomic E-state index is -0.218. The van der Waals surface area contributed by atoms with Crippen molar-refractivity contribution in [3.63, 3.8) is 0 Å². The van der Waals surface area contributed by atoms with Crippen LogP contribution in [0, 0.1) is 13.8 Å². The second kappa shape index (κ2) is 8.47. The summed E-state index contributed by atoms with van der Waals surface area (Å²) in [6, 6.07) is 8.39. The van der Waals surface area contributed by atoms with Gasteiger partial charge in [0.2, 0.25) is 0 Å². The number of likely N-dealkylation sites (N-methyl/N-ethyl adjacent to an activating group) is 1. The smallest absolute Gasteiger partial charge is 0.170 e. The Morgan fingerprint density at radius 3 is 2.77 bits per heavy atom. The van der Waals surface area contributed by atoms with Gasteiger partial charge < -0.3 is 14.2 Å². The van der Waals surface area contributed by atoms with Gasteiger partial charge in [-0.3, -0.25) is 4.79 Å². The molecule has 1 saturated heterocycles. The van der Waals surface area contributed by atoms with Crippen molar-refractivity contribution in [2.75, 3.05) is 18.6 Å². The number of benzene rings is 1. The Morgan fingerprint density at radius 1 is 1.35 bits per heavy atom. The number of hydrogen-bond donors (Lipinski definition) is 0. The first-order valence-electron chi connectivity index (χ1n) is 11.1. The number of imidazole rings is 1. The molecule has 2 unspecified atom stereocenters. The number of thioether (sulfide) groups is 1. The first kappa shape index (κ1) is 22.2. The van der Waals surface area contributed by atoms with Crippen LogP contribution >= 0.6 is 11.8 Å². The van der Waals surface area contributed by atoms with Crippen LogP contribution < -0.4 is 4.90 Å². The van der Waals surface area contributed by atoms with Gasteiger partial charge in [0.05, 0.1) is 23.6 Å². The number of carbonyl (C=O) groups excluding carboxylic acids is 1. The molecule has 2 aliphatic heterocycles. The number of carbonyl (C=O) groups is 1. The van der Waals surface area contributed by atoms with Crippen molar-refractivity contribution in [3.05, 3.63) is 53.0 Å². The highest BCUT2D eigenvalue weighted by molar-refractivity contribution is 8.00. The van der Waals surface area contributed by atoms with Crippen LogP contribution in [0.1, 0.15) is 50.6 Å². The van der Waals surface area contributed by atoms with Gasteiger partial charge in [-0.25, -0.2) is 4.98 Å². The van der Waals surface area contributed by atoms with Crippen LogP contribution in [0.3, 0.4) is 0 Å². The van der Waals surface area contributed by atoms with Gasteiger partial charge in [-0.1, -0.05) is 43.8 Å². The summed E-state index contributed by atoms with van der Waals surface area (Å²) >= 11 is 1.55. The second-order valence-corrected chi connectivity index (χ2v) is 10.5. The van der Waals surface area contributed by atoms with Gasteiger partial charge in [-0.2, -0.15) is 0 Å². The molecule has 166 valence electrons. The summed E-state index contributed by atoms with van der Waals surface area (Å²) in [6.45, 7) is 12.1. The molecular weight excluding hydrogens is 406 g/mol. The van der Waals surface area contributed by atoms with Crippen LogP contribution in [0.2, 0.25) is 0 Å². The van der Waals surface area contributed by atoms with Gasteiger partial charge in [0.25, 0.3) is 0 Å². The molecule has 0 amide bonds. The molecule has 5 nitrogen and oxygen atoms in total. The second-order valence-electron chi connectivity index (χ2n) is 9.20. The third kappa shape index (κ3) is 4.08. The third-order valence-corrected chi connectivity index (χ3v) is 7.84. The molecule has 0 bridgehead atoms. The number of ketones is 1. The van der Waals surface area contributed by atoms with Gasteiger partial charge in [-0.05, 0) is 45.2 Å². The van der Waals surface area contributed by atoms with Gasteiger partial charge in [0, 0.05) is 42.2 Å². The molecule has 0 radical (unpaired) electrons. The fourth-order valence-electron chi connectivity index (χ4n) is 4.65. The van der Waals surface area contributed by atoms with Crippen LogP contribution in [0.5, 0.6) is 0 Å². The Kier molecular flexibility index (Phi) is 6.05. The van der Waals surface area contributed by atoms with Crippen molar-refractivity contribution in [1.82, 2.24) is 9.55 Å². The summed E-state index contributed by atoms with van der Waals surface area (Å²) < 4.78 is 8.07. The van der Waals surface area contributed by atoms with E-state index >= 15 is 0 Å². The third-order valence-electron chi connectivity index (χ3n) is 6.74. The highest BCUT2D eigenvalue weighted by Gasteiger charge is 2.39. The van der Waals surface area contributed by atoms with Crippen LogP contribution in [0.4, 0.5) is 5.69 Å². The van der Waals surface area contributed by atoms with E-state index in [9.17, 15) is 4.79 Å². The minimum Gasteiger partial charge on any atom is -0.376 e. The van der Waals surface area contributed by atoms with E-state index in [4.69, 9.17) is 9.72 Å². The zero-order valence-electron chi connectivity index (χ0n) is 19.4. The summed E-state index contributed by atoms with van der Waals surface area (Å²) in [7, 11) is 2.05. The minimum absolute atomic E-state index is 0.120. The number of allylic oxidation sites excluding steroid dienone is 2. The predicted octanol–water partition coefficient (Wildman–Crippen LogP) is 5.04. The summed E-state index contributed by atoms with van der Waals surface area (Å²) in [4.78, 5) is 20.2. The van der Waals surface area contributed by atoms with Crippen LogP contribution in [0.25, 0.3) is 0 Å². The van der Waals surface area contributed by atoms with Gasteiger partial charge in [0.15, 0.2) is 10.9 Å². The zero-order chi connectivity index (χ0) is 22.3. The van der Waals surface area contributed by atoms with Crippen molar-refractivity contribution >= 4 is 23.2 Å². The van der Waals surface area contributed by atoms with Crippen molar-refractivity contribution in [1.29, 1.82) is 0 Å². The van der Waals surface area contributed by atoms with Crippen molar-refractivity contribution in [3.8, 4) is 0 Å². The van der Waals surface area contributed by atoms with E-state index in [2.05, 4.69) is 48.4 Å². The van der Waals surface area contributed by atoms with Gasteiger partial charge in [-0.15, -0.1) is 0 Å². The fourth-order valence-corrected chi connectivity index (χ4v) is 5.68. The average Bonchev–Trinajstić information content (AvgIpc) is 3.39. The number of aromatic nitrogens is 2. The van der Waals surface area contributed by atoms with E-state index in [0.717, 1.165) is 48.2 Å². The molecule has 2 aliphatic rings. The Balaban J connectivity index is 1.54. The number of aryl methyl sites for hydroxylation is 1. The molecule has 6 heteroatoms. The first-order chi connectivity index (χ1) is 14.7. The number of para-hydroxylation sites is 1. The summed E-state index contributed by atoms with van der Waals surface area (Å²) in [5, 5.41) is 0.692. The van der Waals surface area contributed by atoms with Crippen molar-refractivity contribution in [2.45, 2.75) is 75.9 Å². The SMILES string of the molecule is Cc1nc(SC(C)C(=O)/C=C2/N(C)c3ccccc3C2(C)C)n(CC2CCCO2)c1C. The molecule has 0 spiro atoms. The molecule has 31 heavy (non-hydrogen) atoms. The van der Waals surface area contributed by atoms with E-state index in [-0.39, 0.29) is 22.6 Å². The van der Waals surface area contributed by atoms with E-state index in [1.54, 1.807) is 11.8 Å². The molecule has 0 aliphatic carbocycles. The summed E-state index contributed by atoms with van der Waals surface area (Å²) in [6.07, 6.45) is 4.29. The molecule has 1 aromatic heterocycles. The number of fused-ring (bicyclic) bond motifs is 1. The van der Waals surface area contributed by atoms with Crippen molar-refractivity contribution < 1.29 is 9.53 Å². The lowest BCUT2D eigenvalue weighted by Crippen LogP contribution is -2.25. The maximum Gasteiger partial charge on any atom is 0.170 e. The lowest BCUT2D eigenvalue weighted by atomic mass is 9.83. The fraction of sp³-hybridized carbons (Fsp3) is 0.520. The molecule has 0 saturated carbocycles. The van der Waals surface area contributed by atoms with E-state index in [0.29, 0.717) is 0 Å². The zero-order valence-corrected chi connectivity index (χ0v) is 20.3. The Hall–Kier alpha value is -2.05. The molecule has 4 rings (SSSR count). The molecule has 0 N–H and O–H groups in total. The maximum atomic E-state index is 13.2. The maximum absolute atomic E-state index is 13.2. The molecule has 1 fully saturated rings. The average molecular weight is 440 g/mol. The number of ether oxygens (including phenoxy) is 1. The molecule has 2 atom stereocenters. The van der Waals surface area contributed by atoms with E-state index in [1.807, 2.05) is 33.0 Å². The first-order valence-corrected chi connectivity index (χ1v) is 12.0. The topological polar surface area (TPSA) is 47.4 Å². The number of hydrogen-bond acceptors (Lipinski definition) is 5. The normalized spacial score (nSPS) is 22.2. The van der Waals surface area contributed by atoms with E-state index < -0.39 is 0 Å². The standard InChI is InChI=1S/C25H33N3O2S/c1-16-17(2)28(15-19-10-9-13-30-19)24(26-16)31-18(3)22(29)14-23-25(4,5)20-11-7-8-12-21(20)27(23)6/h7-8,11-12,14,18-19H,9-10,13,15H2,1-6H3/b23-14+. The highest BCUT2D eigenvalue weighted by Crippen LogP contribution is 2.46. The number of rotatable bonds is 6. The number of anilines is 1. The Labute approximate surface area is 189 Å². The van der Waals surface area contributed by atoms with Gasteiger partial charge in [0.1, 0.15) is 0 Å². The lowest BCUT2D eigenvalue weighted by molar-refractivity contribution is -0.114. The van der Waals surface area contributed by atoms with Gasteiger partial charge >= 0.3 is 0 Å². The van der Waals surface area contributed by atoms with Crippen LogP contribution in [-0.2, 0) is 21.5 Å². The highest BCUT2D eigenvalue weighted by atomic mass is 32.2. The predicted molar refractivity (Wildman–Crippen MR) is 127 cm³/mol. The molecule has 2 aromatic rings. The Morgan fingerprint density at radius 2 is 2.10 bits per heavy atom. The summed E-state index contributed by atoms with van der Waals surface area (Å²) in [5.74, 6) is 0.120. The van der Waals surface area contributed by atoms with E-state index in [1.165, 1.54) is 11.3 Å². The van der Waals surface area contributed by atoms with Crippen molar-refractivity contribution in [2.24, 2.45) is 0 Å². The van der Waals surface area contributed by atoms with Crippen LogP contribution in [0.15, 0.2) is 41.2 Å². The lowest BCUT2D eigenvalue weighted by Gasteiger charge is -2.24. The monoisotopic (exact) mass is 439 g/mol. The molecule has 1 aromatic carbocycles. The quantitative estimate of drug-likeness (QED) is 0.466. The molecule has 3 heterocycles. The number of nitrogens with zero attached hydrogens (tertiary/aromatic N) is 3. The van der Waals surface area contributed by atoms with Crippen LogP contribution in [-0.4, -0.2) is 40.3 Å². The molecular formula is C25H33N3O2S. The summed E-state index contributed by atoms with van der Waals surface area (Å²) in [5.41, 5.74) is 5.45. The largest absolute Gasteiger partial charge is 0.376 e.